The molecule has 1 fully saturated rings. The largest absolute Gasteiger partial charge is 0.573 e. The zero-order valence-corrected chi connectivity index (χ0v) is 18.0. The monoisotopic (exact) mass is 430 g/mol. The van der Waals surface area contributed by atoms with Gasteiger partial charge in [0.1, 0.15) is 5.75 Å². The summed E-state index contributed by atoms with van der Waals surface area (Å²) in [6.07, 6.45) is -4.54. The minimum Gasteiger partial charge on any atom is -0.406 e. The number of ether oxygens (including phenoxy) is 1. The lowest BCUT2D eigenvalue weighted by Gasteiger charge is -2.24. The molecule has 170 valence electrons. The van der Waals surface area contributed by atoms with Crippen molar-refractivity contribution in [3.8, 4) is 5.75 Å². The third-order valence-corrected chi connectivity index (χ3v) is 5.24. The Balaban J connectivity index is 1.95. The molecule has 0 spiro atoms. The number of nitrogens with zero attached hydrogens (tertiary/aromatic N) is 3. The first-order chi connectivity index (χ1) is 14.3. The molecule has 0 aromatic heterocycles. The molecule has 2 unspecified atom stereocenters. The van der Waals surface area contributed by atoms with Crippen molar-refractivity contribution >= 4 is 5.96 Å². The molecule has 9 heteroatoms. The highest BCUT2D eigenvalue weighted by atomic mass is 19.4. The molecule has 1 aromatic rings. The van der Waals surface area contributed by atoms with Gasteiger partial charge < -0.3 is 25.0 Å². The van der Waals surface area contributed by atoms with Crippen LogP contribution in [0.25, 0.3) is 0 Å². The molecule has 2 N–H and O–H groups in total. The van der Waals surface area contributed by atoms with Crippen molar-refractivity contribution in [3.63, 3.8) is 0 Å². The van der Waals surface area contributed by atoms with E-state index in [0.717, 1.165) is 51.6 Å². The lowest BCUT2D eigenvalue weighted by atomic mass is 10.1. The van der Waals surface area contributed by atoms with Gasteiger partial charge in [-0.15, -0.1) is 13.2 Å². The van der Waals surface area contributed by atoms with E-state index in [0.29, 0.717) is 11.5 Å². The van der Waals surface area contributed by atoms with Crippen LogP contribution in [0.1, 0.15) is 38.9 Å². The van der Waals surface area contributed by atoms with Crippen LogP contribution < -0.4 is 10.1 Å². The Morgan fingerprint density at radius 3 is 2.50 bits per heavy atom. The first-order valence-corrected chi connectivity index (χ1v) is 10.5. The molecule has 2 atom stereocenters. The van der Waals surface area contributed by atoms with Crippen LogP contribution in [0.5, 0.6) is 5.75 Å². The van der Waals surface area contributed by atoms with Crippen LogP contribution in [0, 0.1) is 5.92 Å². The van der Waals surface area contributed by atoms with Crippen LogP contribution in [0.15, 0.2) is 29.3 Å². The normalized spacial score (nSPS) is 18.7. The predicted octanol–water partition coefficient (Wildman–Crippen LogP) is 3.25. The van der Waals surface area contributed by atoms with E-state index in [9.17, 15) is 18.3 Å². The van der Waals surface area contributed by atoms with Crippen molar-refractivity contribution in [2.24, 2.45) is 10.9 Å². The summed E-state index contributed by atoms with van der Waals surface area (Å²) in [4.78, 5) is 9.20. The Hall–Kier alpha value is -2.00. The Labute approximate surface area is 176 Å². The van der Waals surface area contributed by atoms with Crippen LogP contribution in [-0.2, 0) is 0 Å². The van der Waals surface area contributed by atoms with Gasteiger partial charge in [0.15, 0.2) is 5.96 Å². The minimum absolute atomic E-state index is 0.124. The van der Waals surface area contributed by atoms with Crippen LogP contribution in [0.3, 0.4) is 0 Å². The number of likely N-dealkylation sites (tertiary alicyclic amines) is 1. The van der Waals surface area contributed by atoms with E-state index in [2.05, 4.69) is 38.7 Å². The highest BCUT2D eigenvalue weighted by Crippen LogP contribution is 2.24. The second-order valence-electron chi connectivity index (χ2n) is 7.41. The molecule has 0 amide bonds. The Kier molecular flexibility index (Phi) is 9.23. The van der Waals surface area contributed by atoms with E-state index < -0.39 is 12.5 Å². The van der Waals surface area contributed by atoms with E-state index >= 15 is 0 Å². The van der Waals surface area contributed by atoms with Gasteiger partial charge in [-0.2, -0.15) is 0 Å². The molecule has 1 aliphatic rings. The fourth-order valence-electron chi connectivity index (χ4n) is 3.62. The molecule has 1 saturated heterocycles. The number of aliphatic hydroxyl groups excluding tert-OH is 1. The van der Waals surface area contributed by atoms with Crippen LogP contribution in [-0.4, -0.2) is 73.0 Å². The first-order valence-electron chi connectivity index (χ1n) is 10.5. The van der Waals surface area contributed by atoms with Crippen molar-refractivity contribution in [1.82, 2.24) is 15.1 Å². The van der Waals surface area contributed by atoms with Crippen molar-refractivity contribution in [2.45, 2.75) is 39.7 Å². The van der Waals surface area contributed by atoms with E-state index in [-0.39, 0.29) is 12.3 Å². The van der Waals surface area contributed by atoms with Crippen LogP contribution >= 0.6 is 0 Å². The summed E-state index contributed by atoms with van der Waals surface area (Å²) in [6.45, 7) is 12.2. The van der Waals surface area contributed by atoms with Gasteiger partial charge in [0.05, 0.1) is 12.6 Å². The smallest absolute Gasteiger partial charge is 0.406 e. The van der Waals surface area contributed by atoms with E-state index in [1.807, 2.05) is 6.92 Å². The molecule has 1 aliphatic heterocycles. The molecular weight excluding hydrogens is 397 g/mol. The summed E-state index contributed by atoms with van der Waals surface area (Å²) < 4.78 is 40.7. The molecule has 0 aliphatic carbocycles. The van der Waals surface area contributed by atoms with E-state index in [1.165, 1.54) is 24.3 Å². The quantitative estimate of drug-likeness (QED) is 0.465. The number of hydrogen-bond donors (Lipinski definition) is 2. The average molecular weight is 431 g/mol. The molecular formula is C21H33F3N4O2. The summed E-state index contributed by atoms with van der Waals surface area (Å²) in [6, 6.07) is 5.23. The SMILES string of the molecule is CCNC(=NCC(O)c1ccc(OC(F)(F)F)cc1)N1CCC(CN(CC)CC)C1. The van der Waals surface area contributed by atoms with Crippen molar-refractivity contribution < 1.29 is 23.0 Å². The van der Waals surface area contributed by atoms with Crippen LogP contribution in [0.4, 0.5) is 13.2 Å². The highest BCUT2D eigenvalue weighted by molar-refractivity contribution is 5.80. The van der Waals surface area contributed by atoms with Gasteiger partial charge in [-0.25, -0.2) is 0 Å². The zero-order valence-electron chi connectivity index (χ0n) is 18.0. The molecule has 0 radical (unpaired) electrons. The maximum Gasteiger partial charge on any atom is 0.573 e. The third kappa shape index (κ3) is 7.68. The molecule has 1 aromatic carbocycles. The van der Waals surface area contributed by atoms with Crippen molar-refractivity contribution in [2.75, 3.05) is 45.8 Å². The van der Waals surface area contributed by atoms with Gasteiger partial charge in [-0.3, -0.25) is 4.99 Å². The summed E-state index contributed by atoms with van der Waals surface area (Å²) in [7, 11) is 0. The average Bonchev–Trinajstić information content (AvgIpc) is 3.16. The van der Waals surface area contributed by atoms with Gasteiger partial charge in [0.2, 0.25) is 0 Å². The number of rotatable bonds is 9. The zero-order chi connectivity index (χ0) is 22.1. The summed E-state index contributed by atoms with van der Waals surface area (Å²) in [5, 5.41) is 13.7. The topological polar surface area (TPSA) is 60.3 Å². The standard InChI is InChI=1S/C21H33F3N4O2/c1-4-25-20(28-12-11-16(15-28)14-27(5-2)6-3)26-13-19(29)17-7-9-18(10-8-17)30-21(22,23)24/h7-10,16,19,29H,4-6,11-15H2,1-3H3,(H,25,26). The summed E-state index contributed by atoms with van der Waals surface area (Å²) in [5.74, 6) is 1.03. The molecule has 30 heavy (non-hydrogen) atoms. The Morgan fingerprint density at radius 2 is 1.93 bits per heavy atom. The number of aliphatic hydroxyl groups is 1. The highest BCUT2D eigenvalue weighted by Gasteiger charge is 2.31. The summed E-state index contributed by atoms with van der Waals surface area (Å²) >= 11 is 0. The Bertz CT molecular complexity index is 663. The molecule has 6 nitrogen and oxygen atoms in total. The minimum atomic E-state index is -4.73. The lowest BCUT2D eigenvalue weighted by molar-refractivity contribution is -0.274. The van der Waals surface area contributed by atoms with E-state index in [4.69, 9.17) is 0 Å². The maximum absolute atomic E-state index is 12.3. The number of alkyl halides is 3. The number of nitrogens with one attached hydrogen (secondary N) is 1. The van der Waals surface area contributed by atoms with Gasteiger partial charge in [-0.1, -0.05) is 26.0 Å². The van der Waals surface area contributed by atoms with E-state index in [1.54, 1.807) is 0 Å². The predicted molar refractivity (Wildman–Crippen MR) is 112 cm³/mol. The molecule has 0 saturated carbocycles. The summed E-state index contributed by atoms with van der Waals surface area (Å²) in [5.41, 5.74) is 0.491. The third-order valence-electron chi connectivity index (χ3n) is 5.24. The molecule has 0 bridgehead atoms. The van der Waals surface area contributed by atoms with Crippen molar-refractivity contribution in [1.29, 1.82) is 0 Å². The second-order valence-corrected chi connectivity index (χ2v) is 7.41. The fraction of sp³-hybridized carbons (Fsp3) is 0.667. The Morgan fingerprint density at radius 1 is 1.27 bits per heavy atom. The number of hydrogen-bond acceptors (Lipinski definition) is 4. The second kappa shape index (κ2) is 11.4. The number of aliphatic imine (C=N–C) groups is 1. The molecule has 2 rings (SSSR count). The van der Waals surface area contributed by atoms with Gasteiger partial charge in [0.25, 0.3) is 0 Å². The van der Waals surface area contributed by atoms with Gasteiger partial charge in [0, 0.05) is 26.2 Å². The van der Waals surface area contributed by atoms with Crippen LogP contribution in [0.2, 0.25) is 0 Å². The van der Waals surface area contributed by atoms with Crippen molar-refractivity contribution in [3.05, 3.63) is 29.8 Å². The van der Waals surface area contributed by atoms with Gasteiger partial charge >= 0.3 is 6.36 Å². The number of benzene rings is 1. The first kappa shape index (κ1) is 24.3. The number of halogens is 3. The van der Waals surface area contributed by atoms with Gasteiger partial charge in [-0.05, 0) is 50.0 Å². The fourth-order valence-corrected chi connectivity index (χ4v) is 3.62. The molecule has 1 heterocycles. The number of guanidine groups is 1. The lowest BCUT2D eigenvalue weighted by Crippen LogP contribution is -2.41. The maximum atomic E-state index is 12.3.